The maximum atomic E-state index is 12.8. The van der Waals surface area contributed by atoms with Crippen molar-refractivity contribution >= 4 is 18.0 Å². The molecule has 1 spiro atoms. The number of carboxylic acids is 1. The molecular weight excluding hydrogens is 448 g/mol. The van der Waals surface area contributed by atoms with Crippen LogP contribution in [-0.2, 0) is 19.1 Å². The fourth-order valence-corrected chi connectivity index (χ4v) is 5.91. The highest BCUT2D eigenvalue weighted by molar-refractivity contribution is 5.87. The third-order valence-corrected chi connectivity index (χ3v) is 8.10. The van der Waals surface area contributed by atoms with E-state index in [1.165, 1.54) is 7.11 Å². The molecule has 0 saturated heterocycles. The van der Waals surface area contributed by atoms with E-state index in [4.69, 9.17) is 9.47 Å². The van der Waals surface area contributed by atoms with Crippen molar-refractivity contribution in [1.82, 2.24) is 10.6 Å². The number of benzene rings is 2. The third-order valence-electron chi connectivity index (χ3n) is 8.10. The lowest BCUT2D eigenvalue weighted by atomic mass is 9.75. The third kappa shape index (κ3) is 3.95. The van der Waals surface area contributed by atoms with Crippen LogP contribution in [0.3, 0.4) is 0 Å². The van der Waals surface area contributed by atoms with E-state index in [1.807, 2.05) is 36.4 Å². The van der Waals surface area contributed by atoms with Gasteiger partial charge in [0.1, 0.15) is 12.6 Å². The van der Waals surface area contributed by atoms with Gasteiger partial charge in [-0.15, -0.1) is 0 Å². The summed E-state index contributed by atoms with van der Waals surface area (Å²) in [5.41, 5.74) is 3.38. The van der Waals surface area contributed by atoms with Crippen molar-refractivity contribution in [3.63, 3.8) is 0 Å². The second kappa shape index (κ2) is 9.00. The van der Waals surface area contributed by atoms with Gasteiger partial charge in [0, 0.05) is 19.6 Å². The van der Waals surface area contributed by atoms with E-state index >= 15 is 0 Å². The van der Waals surface area contributed by atoms with E-state index < -0.39 is 29.4 Å². The number of nitrogens with one attached hydrogen (secondary N) is 2. The summed E-state index contributed by atoms with van der Waals surface area (Å²) in [6, 6.07) is 15.1. The molecule has 0 radical (unpaired) electrons. The van der Waals surface area contributed by atoms with Crippen molar-refractivity contribution in [2.45, 2.75) is 37.6 Å². The van der Waals surface area contributed by atoms with Gasteiger partial charge >= 0.3 is 12.1 Å². The summed E-state index contributed by atoms with van der Waals surface area (Å²) in [4.78, 5) is 37.3. The van der Waals surface area contributed by atoms with Crippen LogP contribution in [0.1, 0.15) is 42.7 Å². The molecule has 0 bridgehead atoms. The molecule has 2 fully saturated rings. The van der Waals surface area contributed by atoms with Crippen LogP contribution in [0.25, 0.3) is 11.1 Å². The normalized spacial score (nSPS) is 21.9. The number of aliphatic carboxylic acids is 1. The Labute approximate surface area is 204 Å². The Morgan fingerprint density at radius 2 is 1.69 bits per heavy atom. The van der Waals surface area contributed by atoms with Crippen molar-refractivity contribution in [2.24, 2.45) is 10.8 Å². The Balaban J connectivity index is 1.19. The number of fused-ring (bicyclic) bond motifs is 3. The molecule has 2 amide bonds. The number of ether oxygens (including phenoxy) is 2. The first kappa shape index (κ1) is 23.4. The summed E-state index contributed by atoms with van der Waals surface area (Å²) in [6.07, 6.45) is 2.66. The second-order valence-corrected chi connectivity index (χ2v) is 9.89. The van der Waals surface area contributed by atoms with Crippen LogP contribution in [0.4, 0.5) is 4.79 Å². The largest absolute Gasteiger partial charge is 0.481 e. The summed E-state index contributed by atoms with van der Waals surface area (Å²) in [6.45, 7) is 0.126. The number of carboxylic acid groups (broad SMARTS) is 1. The van der Waals surface area contributed by atoms with Gasteiger partial charge in [0.05, 0.1) is 12.0 Å². The summed E-state index contributed by atoms with van der Waals surface area (Å²) >= 11 is 0. The summed E-state index contributed by atoms with van der Waals surface area (Å²) in [7, 11) is 1.43. The predicted octanol–water partition coefficient (Wildman–Crippen LogP) is 3.30. The molecule has 2 aromatic carbocycles. The van der Waals surface area contributed by atoms with E-state index in [0.29, 0.717) is 6.42 Å². The van der Waals surface area contributed by atoms with Crippen molar-refractivity contribution in [3.8, 4) is 11.1 Å². The van der Waals surface area contributed by atoms with Crippen molar-refractivity contribution < 1.29 is 29.0 Å². The molecule has 8 heteroatoms. The first-order valence-electron chi connectivity index (χ1n) is 12.0. The average molecular weight is 479 g/mol. The molecule has 0 aliphatic heterocycles. The number of methoxy groups -OCH3 is 1. The van der Waals surface area contributed by atoms with Gasteiger partial charge in [0.25, 0.3) is 0 Å². The molecule has 1 unspecified atom stereocenters. The van der Waals surface area contributed by atoms with E-state index in [0.717, 1.165) is 41.5 Å². The Morgan fingerprint density at radius 1 is 1.06 bits per heavy atom. The predicted molar refractivity (Wildman–Crippen MR) is 128 cm³/mol. The van der Waals surface area contributed by atoms with E-state index in [-0.39, 0.29) is 31.1 Å². The molecule has 8 nitrogen and oxygen atoms in total. The molecule has 3 aliphatic rings. The van der Waals surface area contributed by atoms with Crippen LogP contribution in [0.2, 0.25) is 0 Å². The van der Waals surface area contributed by atoms with Gasteiger partial charge in [0.15, 0.2) is 0 Å². The average Bonchev–Trinajstić information content (AvgIpc) is 3.46. The van der Waals surface area contributed by atoms with Crippen molar-refractivity contribution in [3.05, 3.63) is 59.7 Å². The molecule has 5 rings (SSSR count). The zero-order valence-electron chi connectivity index (χ0n) is 19.7. The van der Waals surface area contributed by atoms with Gasteiger partial charge in [-0.1, -0.05) is 55.0 Å². The number of alkyl carbamates (subject to hydrolysis) is 1. The summed E-state index contributed by atoms with van der Waals surface area (Å²) in [5, 5.41) is 15.1. The molecule has 2 saturated carbocycles. The number of hydrogen-bond acceptors (Lipinski definition) is 5. The van der Waals surface area contributed by atoms with Gasteiger partial charge in [0.2, 0.25) is 5.91 Å². The van der Waals surface area contributed by atoms with E-state index in [1.54, 1.807) is 0 Å². The quantitative estimate of drug-likeness (QED) is 0.510. The lowest BCUT2D eigenvalue weighted by Gasteiger charge is -2.31. The monoisotopic (exact) mass is 478 g/mol. The molecule has 0 aromatic heterocycles. The fourth-order valence-electron chi connectivity index (χ4n) is 5.91. The maximum absolute atomic E-state index is 12.8. The molecule has 184 valence electrons. The SMILES string of the molecule is COC[C@H](NC(=O)OCC1c2ccccc2-c2ccccc21)C(=O)NCC1(C(=O)O)CC12CCC2. The second-order valence-electron chi connectivity index (χ2n) is 9.89. The highest BCUT2D eigenvalue weighted by atomic mass is 16.5. The van der Waals surface area contributed by atoms with Crippen molar-refractivity contribution in [1.29, 1.82) is 0 Å². The van der Waals surface area contributed by atoms with E-state index in [9.17, 15) is 19.5 Å². The highest BCUT2D eigenvalue weighted by Crippen LogP contribution is 2.73. The van der Waals surface area contributed by atoms with Crippen LogP contribution in [0, 0.1) is 10.8 Å². The van der Waals surface area contributed by atoms with Gasteiger partial charge in [-0.05, 0) is 46.9 Å². The molecule has 3 aliphatic carbocycles. The number of carbonyl (C=O) groups is 3. The zero-order valence-corrected chi connectivity index (χ0v) is 19.7. The fraction of sp³-hybridized carbons (Fsp3) is 0.444. The lowest BCUT2D eigenvalue weighted by molar-refractivity contribution is -0.146. The summed E-state index contributed by atoms with van der Waals surface area (Å²) < 4.78 is 10.7. The molecular formula is C27H30N2O6. The standard InChI is InChI=1S/C27H30N2O6/c1-34-14-22(23(30)28-16-27(24(31)32)15-26(27)11-6-12-26)29-25(33)35-13-21-19-9-4-2-7-17(19)18-8-3-5-10-20(18)21/h2-5,7-10,21-22H,6,11-16H2,1H3,(H,28,30)(H,29,33)(H,31,32)/t22-,27?/m0/s1. The highest BCUT2D eigenvalue weighted by Gasteiger charge is 2.73. The van der Waals surface area contributed by atoms with E-state index in [2.05, 4.69) is 22.8 Å². The minimum atomic E-state index is -0.988. The molecule has 3 N–H and O–H groups in total. The lowest BCUT2D eigenvalue weighted by Crippen LogP contribution is -2.51. The molecule has 2 atom stereocenters. The zero-order chi connectivity index (χ0) is 24.6. The minimum Gasteiger partial charge on any atom is -0.481 e. The van der Waals surface area contributed by atoms with Crippen LogP contribution >= 0.6 is 0 Å². The number of rotatable bonds is 9. The molecule has 35 heavy (non-hydrogen) atoms. The topological polar surface area (TPSA) is 114 Å². The Bertz CT molecular complexity index is 1110. The first-order valence-corrected chi connectivity index (χ1v) is 12.0. The van der Waals surface area contributed by atoms with Gasteiger partial charge in [-0.25, -0.2) is 4.79 Å². The Morgan fingerprint density at radius 3 is 2.20 bits per heavy atom. The van der Waals surface area contributed by atoms with Crippen LogP contribution in [0.5, 0.6) is 0 Å². The maximum Gasteiger partial charge on any atom is 0.407 e. The van der Waals surface area contributed by atoms with Crippen LogP contribution in [0.15, 0.2) is 48.5 Å². The van der Waals surface area contributed by atoms with Crippen molar-refractivity contribution in [2.75, 3.05) is 26.9 Å². The Kier molecular flexibility index (Phi) is 6.01. The minimum absolute atomic E-state index is 0.0494. The first-order chi connectivity index (χ1) is 16.9. The van der Waals surface area contributed by atoms with Crippen LogP contribution < -0.4 is 10.6 Å². The number of hydrogen-bond donors (Lipinski definition) is 3. The summed E-state index contributed by atoms with van der Waals surface area (Å²) in [5.74, 6) is -1.44. The Hall–Kier alpha value is -3.39. The van der Waals surface area contributed by atoms with Crippen LogP contribution in [-0.4, -0.2) is 56.0 Å². The molecule has 0 heterocycles. The smallest absolute Gasteiger partial charge is 0.407 e. The number of carbonyl (C=O) groups excluding carboxylic acids is 2. The van der Waals surface area contributed by atoms with Gasteiger partial charge < -0.3 is 25.2 Å². The van der Waals surface area contributed by atoms with Gasteiger partial charge in [-0.2, -0.15) is 0 Å². The number of amides is 2. The van der Waals surface area contributed by atoms with Gasteiger partial charge in [-0.3, -0.25) is 9.59 Å². The molecule has 2 aromatic rings.